The van der Waals surface area contributed by atoms with Gasteiger partial charge in [-0.15, -0.1) is 0 Å². The van der Waals surface area contributed by atoms with Crippen LogP contribution in [0.5, 0.6) is 5.75 Å². The van der Waals surface area contributed by atoms with Gasteiger partial charge in [0.05, 0.1) is 20.3 Å². The quantitative estimate of drug-likeness (QED) is 0.843. The van der Waals surface area contributed by atoms with Crippen molar-refractivity contribution in [1.82, 2.24) is 4.90 Å². The molecular formula is C16H21NO3. The Kier molecular flexibility index (Phi) is 4.03. The van der Waals surface area contributed by atoms with Crippen molar-refractivity contribution in [1.29, 1.82) is 0 Å². The van der Waals surface area contributed by atoms with Crippen LogP contribution in [0.15, 0.2) is 18.2 Å². The molecule has 4 heteroatoms. The third-order valence-electron chi connectivity index (χ3n) is 4.29. The van der Waals surface area contributed by atoms with Crippen LogP contribution in [0.2, 0.25) is 0 Å². The van der Waals surface area contributed by atoms with Crippen molar-refractivity contribution in [2.75, 3.05) is 40.0 Å². The Balaban J connectivity index is 1.71. The van der Waals surface area contributed by atoms with E-state index in [2.05, 4.69) is 4.90 Å². The number of morpholine rings is 1. The van der Waals surface area contributed by atoms with Crippen LogP contribution in [-0.2, 0) is 11.2 Å². The van der Waals surface area contributed by atoms with E-state index < -0.39 is 0 Å². The lowest BCUT2D eigenvalue weighted by atomic mass is 9.82. The molecule has 20 heavy (non-hydrogen) atoms. The number of ketones is 1. The predicted molar refractivity (Wildman–Crippen MR) is 76.4 cm³/mol. The highest BCUT2D eigenvalue weighted by Crippen LogP contribution is 2.29. The fourth-order valence-corrected chi connectivity index (χ4v) is 3.09. The summed E-state index contributed by atoms with van der Waals surface area (Å²) in [5.74, 6) is 1.26. The zero-order valence-electron chi connectivity index (χ0n) is 11.9. The predicted octanol–water partition coefficient (Wildman–Crippen LogP) is 1.77. The molecule has 0 saturated carbocycles. The maximum absolute atomic E-state index is 12.6. The first-order valence-corrected chi connectivity index (χ1v) is 7.29. The van der Waals surface area contributed by atoms with Crippen LogP contribution in [0, 0.1) is 5.92 Å². The maximum atomic E-state index is 12.6. The highest BCUT2D eigenvalue weighted by Gasteiger charge is 2.29. The fraction of sp³-hybridized carbons (Fsp3) is 0.562. The standard InChI is InChI=1S/C16H21NO3/c1-19-14-4-5-15-12(10-14)2-3-13(16(15)18)11-17-6-8-20-9-7-17/h4-5,10,13H,2-3,6-9,11H2,1H3. The first-order valence-electron chi connectivity index (χ1n) is 7.29. The summed E-state index contributed by atoms with van der Waals surface area (Å²) in [4.78, 5) is 14.9. The molecule has 1 aromatic carbocycles. The van der Waals surface area contributed by atoms with Gasteiger partial charge in [0, 0.05) is 31.1 Å². The van der Waals surface area contributed by atoms with Crippen LogP contribution < -0.4 is 4.74 Å². The number of carbonyl (C=O) groups is 1. The third kappa shape index (κ3) is 2.72. The Morgan fingerprint density at radius 3 is 2.90 bits per heavy atom. The van der Waals surface area contributed by atoms with Gasteiger partial charge in [0.15, 0.2) is 5.78 Å². The summed E-state index contributed by atoms with van der Waals surface area (Å²) >= 11 is 0. The molecule has 1 aliphatic carbocycles. The Labute approximate surface area is 119 Å². The molecule has 108 valence electrons. The van der Waals surface area contributed by atoms with Crippen molar-refractivity contribution >= 4 is 5.78 Å². The highest BCUT2D eigenvalue weighted by molar-refractivity contribution is 6.00. The van der Waals surface area contributed by atoms with Crippen molar-refractivity contribution in [3.05, 3.63) is 29.3 Å². The van der Waals surface area contributed by atoms with Gasteiger partial charge < -0.3 is 9.47 Å². The third-order valence-corrected chi connectivity index (χ3v) is 4.29. The van der Waals surface area contributed by atoms with Crippen molar-refractivity contribution in [3.8, 4) is 5.75 Å². The molecule has 0 spiro atoms. The number of fused-ring (bicyclic) bond motifs is 1. The van der Waals surface area contributed by atoms with E-state index in [0.29, 0.717) is 5.78 Å². The van der Waals surface area contributed by atoms with Crippen molar-refractivity contribution < 1.29 is 14.3 Å². The van der Waals surface area contributed by atoms with Crippen LogP contribution in [0.1, 0.15) is 22.3 Å². The van der Waals surface area contributed by atoms with Crippen molar-refractivity contribution in [2.45, 2.75) is 12.8 Å². The Hall–Kier alpha value is -1.39. The van der Waals surface area contributed by atoms with Gasteiger partial charge in [-0.2, -0.15) is 0 Å². The molecule has 1 atom stereocenters. The normalized spacial score (nSPS) is 23.4. The number of Topliss-reactive ketones (excluding diaryl/α,β-unsaturated/α-hetero) is 1. The van der Waals surface area contributed by atoms with Gasteiger partial charge in [-0.05, 0) is 36.6 Å². The molecule has 1 fully saturated rings. The van der Waals surface area contributed by atoms with Crippen LogP contribution in [0.25, 0.3) is 0 Å². The summed E-state index contributed by atoms with van der Waals surface area (Å²) in [5, 5.41) is 0. The largest absolute Gasteiger partial charge is 0.497 e. The summed E-state index contributed by atoms with van der Waals surface area (Å²) in [6, 6.07) is 5.80. The molecule has 1 aromatic rings. The first-order chi connectivity index (χ1) is 9.78. The number of aryl methyl sites for hydroxylation is 1. The SMILES string of the molecule is COc1ccc2c(c1)CCC(CN1CCOCC1)C2=O. The summed E-state index contributed by atoms with van der Waals surface area (Å²) < 4.78 is 10.6. The second kappa shape index (κ2) is 5.94. The minimum absolute atomic E-state index is 0.133. The van der Waals surface area contributed by atoms with E-state index in [9.17, 15) is 4.79 Å². The Morgan fingerprint density at radius 2 is 2.15 bits per heavy atom. The summed E-state index contributed by atoms with van der Waals surface area (Å²) in [5.41, 5.74) is 2.02. The van der Waals surface area contributed by atoms with Crippen LogP contribution in [0.4, 0.5) is 0 Å². The first kappa shape index (κ1) is 13.6. The maximum Gasteiger partial charge on any atom is 0.167 e. The number of hydrogen-bond donors (Lipinski definition) is 0. The second-order valence-corrected chi connectivity index (χ2v) is 5.54. The molecule has 2 aliphatic rings. The van der Waals surface area contributed by atoms with E-state index in [1.54, 1.807) is 7.11 Å². The van der Waals surface area contributed by atoms with Gasteiger partial charge >= 0.3 is 0 Å². The number of benzene rings is 1. The molecule has 1 heterocycles. The number of nitrogens with zero attached hydrogens (tertiary/aromatic N) is 1. The van der Waals surface area contributed by atoms with E-state index in [0.717, 1.165) is 62.6 Å². The van der Waals surface area contributed by atoms with E-state index >= 15 is 0 Å². The van der Waals surface area contributed by atoms with Crippen molar-refractivity contribution in [2.24, 2.45) is 5.92 Å². The van der Waals surface area contributed by atoms with Crippen molar-refractivity contribution in [3.63, 3.8) is 0 Å². The molecule has 4 nitrogen and oxygen atoms in total. The van der Waals surface area contributed by atoms with Gasteiger partial charge in [-0.3, -0.25) is 9.69 Å². The zero-order chi connectivity index (χ0) is 13.9. The average Bonchev–Trinajstić information content (AvgIpc) is 2.51. The molecule has 3 rings (SSSR count). The highest BCUT2D eigenvalue weighted by atomic mass is 16.5. The van der Waals surface area contributed by atoms with Crippen LogP contribution in [-0.4, -0.2) is 50.6 Å². The summed E-state index contributed by atoms with van der Waals surface area (Å²) in [6.07, 6.45) is 1.91. The smallest absolute Gasteiger partial charge is 0.167 e. The molecule has 1 saturated heterocycles. The molecule has 1 unspecified atom stereocenters. The second-order valence-electron chi connectivity index (χ2n) is 5.54. The van der Waals surface area contributed by atoms with E-state index in [1.165, 1.54) is 0 Å². The van der Waals surface area contributed by atoms with E-state index in [1.807, 2.05) is 18.2 Å². The Bertz CT molecular complexity index is 494. The van der Waals surface area contributed by atoms with Crippen LogP contribution in [0.3, 0.4) is 0 Å². The lowest BCUT2D eigenvalue weighted by molar-refractivity contribution is 0.0291. The lowest BCUT2D eigenvalue weighted by Crippen LogP contribution is -2.42. The van der Waals surface area contributed by atoms with Gasteiger partial charge in [-0.25, -0.2) is 0 Å². The molecular weight excluding hydrogens is 254 g/mol. The van der Waals surface area contributed by atoms with Gasteiger partial charge in [0.2, 0.25) is 0 Å². The molecule has 0 aromatic heterocycles. The monoisotopic (exact) mass is 275 g/mol. The summed E-state index contributed by atoms with van der Waals surface area (Å²) in [7, 11) is 1.66. The number of rotatable bonds is 3. The number of carbonyl (C=O) groups excluding carboxylic acids is 1. The number of ether oxygens (including phenoxy) is 2. The molecule has 0 N–H and O–H groups in total. The lowest BCUT2D eigenvalue weighted by Gasteiger charge is -2.32. The number of hydrogen-bond acceptors (Lipinski definition) is 4. The van der Waals surface area contributed by atoms with Gasteiger partial charge in [-0.1, -0.05) is 0 Å². The molecule has 0 amide bonds. The Morgan fingerprint density at radius 1 is 1.35 bits per heavy atom. The molecule has 0 radical (unpaired) electrons. The van der Waals surface area contributed by atoms with Crippen LogP contribution >= 0.6 is 0 Å². The minimum Gasteiger partial charge on any atom is -0.497 e. The average molecular weight is 275 g/mol. The van der Waals surface area contributed by atoms with E-state index in [-0.39, 0.29) is 5.92 Å². The van der Waals surface area contributed by atoms with Gasteiger partial charge in [0.25, 0.3) is 0 Å². The minimum atomic E-state index is 0.133. The summed E-state index contributed by atoms with van der Waals surface area (Å²) in [6.45, 7) is 4.33. The number of methoxy groups -OCH3 is 1. The zero-order valence-corrected chi connectivity index (χ0v) is 11.9. The fourth-order valence-electron chi connectivity index (χ4n) is 3.09. The van der Waals surface area contributed by atoms with Gasteiger partial charge in [0.1, 0.15) is 5.75 Å². The topological polar surface area (TPSA) is 38.8 Å². The molecule has 0 bridgehead atoms. The molecule has 1 aliphatic heterocycles. The van der Waals surface area contributed by atoms with E-state index in [4.69, 9.17) is 9.47 Å².